The first-order valence-corrected chi connectivity index (χ1v) is 15.3. The van der Waals surface area contributed by atoms with Crippen molar-refractivity contribution in [3.63, 3.8) is 0 Å². The van der Waals surface area contributed by atoms with Gasteiger partial charge in [-0.15, -0.1) is 0 Å². The second-order valence-corrected chi connectivity index (χ2v) is 12.5. The smallest absolute Gasteiger partial charge is 0.318 e. The molecule has 1 fully saturated rings. The monoisotopic (exact) mass is 565 g/mol. The number of rotatable bonds is 10. The molecule has 0 bridgehead atoms. The van der Waals surface area contributed by atoms with Crippen LogP contribution in [0.15, 0.2) is 52.9 Å². The second kappa shape index (κ2) is 12.3. The highest BCUT2D eigenvalue weighted by atomic mass is 32.2. The van der Waals surface area contributed by atoms with Gasteiger partial charge in [-0.25, -0.2) is 13.2 Å². The summed E-state index contributed by atoms with van der Waals surface area (Å²) >= 11 is 0. The number of nitrogens with zero attached hydrogens (tertiary/aromatic N) is 3. The molecular weight excluding hydrogens is 526 g/mol. The van der Waals surface area contributed by atoms with Gasteiger partial charge >= 0.3 is 6.03 Å². The van der Waals surface area contributed by atoms with Crippen LogP contribution in [0.2, 0.25) is 0 Å². The van der Waals surface area contributed by atoms with E-state index in [4.69, 9.17) is 10.7 Å². The van der Waals surface area contributed by atoms with Gasteiger partial charge in [0.1, 0.15) is 11.4 Å². The van der Waals surface area contributed by atoms with E-state index in [9.17, 15) is 18.0 Å². The number of urea groups is 1. The van der Waals surface area contributed by atoms with Crippen LogP contribution in [0, 0.1) is 13.8 Å². The van der Waals surface area contributed by atoms with Gasteiger partial charge in [-0.1, -0.05) is 36.8 Å². The number of aryl methyl sites for hydroxylation is 3. The van der Waals surface area contributed by atoms with Crippen molar-refractivity contribution < 1.29 is 18.0 Å². The topological polar surface area (TPSA) is 125 Å². The van der Waals surface area contributed by atoms with E-state index >= 15 is 0 Å². The Morgan fingerprint density at radius 2 is 1.70 bits per heavy atom. The number of aliphatic imine (C=N–C) groups is 1. The Balaban J connectivity index is 1.32. The largest absolute Gasteiger partial charge is 0.351 e. The first-order chi connectivity index (χ1) is 19.0. The molecule has 0 aliphatic carbocycles. The summed E-state index contributed by atoms with van der Waals surface area (Å²) in [6.07, 6.45) is 7.16. The lowest BCUT2D eigenvalue weighted by Gasteiger charge is -2.34. The van der Waals surface area contributed by atoms with Crippen molar-refractivity contribution in [2.75, 3.05) is 25.0 Å². The maximum Gasteiger partial charge on any atom is 0.318 e. The molecule has 9 nitrogen and oxygen atoms in total. The van der Waals surface area contributed by atoms with Crippen LogP contribution in [-0.4, -0.2) is 56.2 Å². The zero-order chi connectivity index (χ0) is 28.9. The van der Waals surface area contributed by atoms with E-state index in [-0.39, 0.29) is 19.0 Å². The van der Waals surface area contributed by atoms with Gasteiger partial charge in [0.25, 0.3) is 5.91 Å². The van der Waals surface area contributed by atoms with Crippen LogP contribution >= 0.6 is 0 Å². The third-order valence-electron chi connectivity index (χ3n) is 7.86. The standard InChI is InChI=1S/C30H39N5O4S/c1-22-20-25(34(3)29(31)37)21-23(2)26(22)14-19-40(38,39)35-17-15-30(16-18-35)28(36)32-27(33-30)13-9-5-8-12-24-10-6-4-7-11-24/h4,6-7,10-11,14,19-21H,5,8-9,12-13,15-18H2,1-3H3,(H2,31,37)(H,32,33,36). The number of amidine groups is 1. The molecule has 1 spiro atoms. The number of unbranched alkanes of at least 4 members (excludes halogenated alkanes) is 2. The summed E-state index contributed by atoms with van der Waals surface area (Å²) in [5.74, 6) is 0.601. The summed E-state index contributed by atoms with van der Waals surface area (Å²) in [5.41, 5.74) is 8.91. The molecule has 2 aliphatic rings. The molecule has 4 rings (SSSR count). The fourth-order valence-electron chi connectivity index (χ4n) is 5.37. The number of amides is 3. The van der Waals surface area contributed by atoms with E-state index in [1.807, 2.05) is 19.9 Å². The number of nitrogens with one attached hydrogen (secondary N) is 1. The third-order valence-corrected chi connectivity index (χ3v) is 9.43. The van der Waals surface area contributed by atoms with Gasteiger partial charge in [0.2, 0.25) is 10.0 Å². The first kappa shape index (κ1) is 29.5. The Kier molecular flexibility index (Phi) is 9.10. The fourth-order valence-corrected chi connectivity index (χ4v) is 6.54. The van der Waals surface area contributed by atoms with Crippen molar-refractivity contribution in [1.82, 2.24) is 9.62 Å². The predicted molar refractivity (Wildman–Crippen MR) is 160 cm³/mol. The van der Waals surface area contributed by atoms with Crippen molar-refractivity contribution in [1.29, 1.82) is 0 Å². The van der Waals surface area contributed by atoms with Crippen molar-refractivity contribution in [2.45, 2.75) is 64.3 Å². The second-order valence-electron chi connectivity index (χ2n) is 10.7. The fraction of sp³-hybridized carbons (Fsp3) is 0.433. The Bertz CT molecular complexity index is 1390. The Morgan fingerprint density at radius 3 is 2.33 bits per heavy atom. The minimum atomic E-state index is -3.69. The minimum Gasteiger partial charge on any atom is -0.351 e. The molecular formula is C30H39N5O4S. The van der Waals surface area contributed by atoms with Crippen LogP contribution in [0.25, 0.3) is 6.08 Å². The maximum absolute atomic E-state index is 13.1. The van der Waals surface area contributed by atoms with E-state index in [1.54, 1.807) is 25.3 Å². The predicted octanol–water partition coefficient (Wildman–Crippen LogP) is 4.28. The number of primary amides is 1. The summed E-state index contributed by atoms with van der Waals surface area (Å²) in [7, 11) is -2.10. The SMILES string of the molecule is Cc1cc(N(C)C(N)=O)cc(C)c1C=CS(=O)(=O)N1CCC2(CC1)N=C(CCCCCc1ccccc1)NC2=O. The molecule has 10 heteroatoms. The molecule has 214 valence electrons. The molecule has 3 amide bonds. The number of carbonyl (C=O) groups excluding carboxylic acids is 2. The van der Waals surface area contributed by atoms with Crippen molar-refractivity contribution in [3.05, 3.63) is 70.1 Å². The van der Waals surface area contributed by atoms with Gasteiger partial charge in [-0.05, 0) is 86.4 Å². The minimum absolute atomic E-state index is 0.119. The lowest BCUT2D eigenvalue weighted by atomic mass is 9.89. The zero-order valence-electron chi connectivity index (χ0n) is 23.5. The van der Waals surface area contributed by atoms with Gasteiger partial charge in [0, 0.05) is 37.7 Å². The molecule has 0 unspecified atom stereocenters. The normalized spacial score (nSPS) is 17.3. The number of nitrogens with two attached hydrogens (primary N) is 1. The van der Waals surface area contributed by atoms with Crippen LogP contribution in [-0.2, 0) is 21.2 Å². The number of hydrogen-bond donors (Lipinski definition) is 2. The quantitative estimate of drug-likeness (QED) is 0.417. The molecule has 0 aromatic heterocycles. The molecule has 40 heavy (non-hydrogen) atoms. The van der Waals surface area contributed by atoms with Gasteiger partial charge in [-0.2, -0.15) is 4.31 Å². The first-order valence-electron chi connectivity index (χ1n) is 13.8. The summed E-state index contributed by atoms with van der Waals surface area (Å²) in [6.45, 7) is 4.18. The summed E-state index contributed by atoms with van der Waals surface area (Å²) < 4.78 is 27.7. The van der Waals surface area contributed by atoms with E-state index in [2.05, 4.69) is 29.6 Å². The molecule has 2 heterocycles. The van der Waals surface area contributed by atoms with Crippen LogP contribution in [0.1, 0.15) is 60.8 Å². The van der Waals surface area contributed by atoms with Crippen molar-refractivity contribution >= 4 is 39.6 Å². The van der Waals surface area contributed by atoms with Gasteiger partial charge in [0.05, 0.1) is 0 Å². The molecule has 3 N–H and O–H groups in total. The van der Waals surface area contributed by atoms with Crippen LogP contribution in [0.3, 0.4) is 0 Å². The van der Waals surface area contributed by atoms with Gasteiger partial charge in [-0.3, -0.25) is 14.7 Å². The highest BCUT2D eigenvalue weighted by Crippen LogP contribution is 2.32. The highest BCUT2D eigenvalue weighted by Gasteiger charge is 2.46. The number of anilines is 1. The Hall–Kier alpha value is -3.50. The zero-order valence-corrected chi connectivity index (χ0v) is 24.3. The average Bonchev–Trinajstić information content (AvgIpc) is 3.22. The van der Waals surface area contributed by atoms with Crippen LogP contribution in [0.5, 0.6) is 0 Å². The Morgan fingerprint density at radius 1 is 1.07 bits per heavy atom. The molecule has 1 saturated heterocycles. The van der Waals surface area contributed by atoms with Crippen LogP contribution < -0.4 is 16.0 Å². The average molecular weight is 566 g/mol. The molecule has 0 saturated carbocycles. The Labute approximate surface area is 237 Å². The number of sulfonamides is 1. The van der Waals surface area contributed by atoms with Gasteiger partial charge < -0.3 is 11.1 Å². The lowest BCUT2D eigenvalue weighted by molar-refractivity contribution is -0.124. The molecule has 2 aromatic rings. The van der Waals surface area contributed by atoms with E-state index in [1.165, 1.54) is 20.2 Å². The van der Waals surface area contributed by atoms with Crippen molar-refractivity contribution in [3.8, 4) is 0 Å². The number of carbonyl (C=O) groups is 2. The maximum atomic E-state index is 13.1. The molecule has 2 aromatic carbocycles. The van der Waals surface area contributed by atoms with Gasteiger partial charge in [0.15, 0.2) is 0 Å². The van der Waals surface area contributed by atoms with E-state index < -0.39 is 21.6 Å². The highest BCUT2D eigenvalue weighted by molar-refractivity contribution is 7.92. The van der Waals surface area contributed by atoms with Crippen molar-refractivity contribution in [2.24, 2.45) is 10.7 Å². The number of hydrogen-bond acceptors (Lipinski definition) is 5. The third kappa shape index (κ3) is 6.79. The molecule has 0 atom stereocenters. The van der Waals surface area contributed by atoms with E-state index in [0.717, 1.165) is 54.6 Å². The lowest BCUT2D eigenvalue weighted by Crippen LogP contribution is -2.50. The van der Waals surface area contributed by atoms with E-state index in [0.29, 0.717) is 18.5 Å². The molecule has 2 aliphatic heterocycles. The van der Waals surface area contributed by atoms with Crippen LogP contribution in [0.4, 0.5) is 10.5 Å². The summed E-state index contributed by atoms with van der Waals surface area (Å²) in [4.78, 5) is 30.5. The summed E-state index contributed by atoms with van der Waals surface area (Å²) in [6, 6.07) is 13.4. The summed E-state index contributed by atoms with van der Waals surface area (Å²) in [5, 5.41) is 4.17. The number of benzene rings is 2. The number of piperidine rings is 1. The molecule has 0 radical (unpaired) electrons.